The van der Waals surface area contributed by atoms with Crippen molar-refractivity contribution in [1.29, 1.82) is 0 Å². The van der Waals surface area contributed by atoms with E-state index in [9.17, 15) is 14.4 Å². The molecule has 0 aliphatic heterocycles. The Morgan fingerprint density at radius 3 is 1.93 bits per heavy atom. The third-order valence-electron chi connectivity index (χ3n) is 5.39. The van der Waals surface area contributed by atoms with Crippen LogP contribution in [0.2, 0.25) is 0 Å². The highest BCUT2D eigenvalue weighted by Crippen LogP contribution is 2.49. The third-order valence-corrected chi connectivity index (χ3v) is 5.39. The van der Waals surface area contributed by atoms with Gasteiger partial charge in [0, 0.05) is 0 Å². The Morgan fingerprint density at radius 2 is 1.50 bits per heavy atom. The fraction of sp³-hybridized carbons (Fsp3) is 0.292. The van der Waals surface area contributed by atoms with E-state index in [0.717, 1.165) is 29.5 Å². The van der Waals surface area contributed by atoms with Gasteiger partial charge in [0.05, 0.1) is 24.8 Å². The second kappa shape index (κ2) is 8.53. The van der Waals surface area contributed by atoms with Crippen LogP contribution in [0.4, 0.5) is 0 Å². The molecule has 30 heavy (non-hydrogen) atoms. The minimum atomic E-state index is -0.721. The first-order valence-electron chi connectivity index (χ1n) is 9.81. The third kappa shape index (κ3) is 3.99. The molecule has 2 aromatic rings. The largest absolute Gasteiger partial charge is 0.468 e. The van der Waals surface area contributed by atoms with Crippen molar-refractivity contribution < 1.29 is 23.9 Å². The van der Waals surface area contributed by atoms with Crippen LogP contribution in [0, 0.1) is 0 Å². The number of hydrogen-bond donors (Lipinski definition) is 1. The average molecular weight is 407 g/mol. The van der Waals surface area contributed by atoms with Crippen molar-refractivity contribution in [2.45, 2.75) is 32.1 Å². The van der Waals surface area contributed by atoms with E-state index in [0.29, 0.717) is 5.56 Å². The lowest BCUT2D eigenvalue weighted by atomic mass is 9.93. The van der Waals surface area contributed by atoms with Gasteiger partial charge in [-0.1, -0.05) is 48.5 Å². The van der Waals surface area contributed by atoms with E-state index < -0.39 is 17.2 Å². The van der Waals surface area contributed by atoms with E-state index in [4.69, 9.17) is 15.2 Å². The second-order valence-corrected chi connectivity index (χ2v) is 7.29. The molecule has 156 valence electrons. The van der Waals surface area contributed by atoms with Crippen LogP contribution >= 0.6 is 0 Å². The number of ether oxygens (including phenoxy) is 2. The Morgan fingerprint density at radius 1 is 0.967 bits per heavy atom. The van der Waals surface area contributed by atoms with Gasteiger partial charge in [0.15, 0.2) is 5.78 Å². The fourth-order valence-electron chi connectivity index (χ4n) is 3.55. The summed E-state index contributed by atoms with van der Waals surface area (Å²) in [5.41, 5.74) is 8.99. The topological polar surface area (TPSA) is 95.7 Å². The molecule has 6 heteroatoms. The quantitative estimate of drug-likeness (QED) is 0.327. The number of Topliss-reactive ketones (excluding diaryl/α,β-unsaturated/α-hetero) is 1. The van der Waals surface area contributed by atoms with Crippen LogP contribution < -0.4 is 5.73 Å². The Bertz CT molecular complexity index is 999. The van der Waals surface area contributed by atoms with Crippen LogP contribution in [-0.4, -0.2) is 31.4 Å². The Hall–Kier alpha value is -3.41. The molecule has 1 saturated carbocycles. The van der Waals surface area contributed by atoms with Gasteiger partial charge in [-0.05, 0) is 48.9 Å². The van der Waals surface area contributed by atoms with Crippen molar-refractivity contribution in [3.63, 3.8) is 0 Å². The van der Waals surface area contributed by atoms with E-state index in [-0.39, 0.29) is 23.8 Å². The lowest BCUT2D eigenvalue weighted by molar-refractivity contribution is -0.144. The molecule has 1 aliphatic rings. The van der Waals surface area contributed by atoms with Gasteiger partial charge in [0.1, 0.15) is 5.57 Å². The van der Waals surface area contributed by atoms with E-state index in [2.05, 4.69) is 0 Å². The highest BCUT2D eigenvalue weighted by molar-refractivity contribution is 6.21. The number of rotatable bonds is 7. The van der Waals surface area contributed by atoms with Crippen LogP contribution in [-0.2, 0) is 29.3 Å². The van der Waals surface area contributed by atoms with Gasteiger partial charge in [-0.2, -0.15) is 0 Å². The number of hydrogen-bond acceptors (Lipinski definition) is 6. The summed E-state index contributed by atoms with van der Waals surface area (Å²) in [7, 11) is 1.41. The molecule has 0 atom stereocenters. The number of ketones is 1. The molecule has 2 N–H and O–H groups in total. The highest BCUT2D eigenvalue weighted by atomic mass is 16.5. The summed E-state index contributed by atoms with van der Waals surface area (Å²) in [5.74, 6) is -1.35. The predicted octanol–water partition coefficient (Wildman–Crippen LogP) is 3.38. The van der Waals surface area contributed by atoms with Gasteiger partial charge in [0.2, 0.25) is 0 Å². The molecule has 0 radical (unpaired) electrons. The van der Waals surface area contributed by atoms with Gasteiger partial charge < -0.3 is 15.2 Å². The molecule has 0 saturated heterocycles. The summed E-state index contributed by atoms with van der Waals surface area (Å²) in [6.45, 7) is 3.12. The van der Waals surface area contributed by atoms with E-state index in [1.54, 1.807) is 19.1 Å². The molecule has 0 bridgehead atoms. The zero-order chi connectivity index (χ0) is 21.9. The monoisotopic (exact) mass is 407 g/mol. The summed E-state index contributed by atoms with van der Waals surface area (Å²) in [5, 5.41) is 0. The minimum Gasteiger partial charge on any atom is -0.468 e. The molecule has 0 heterocycles. The van der Waals surface area contributed by atoms with E-state index in [1.165, 1.54) is 14.0 Å². The maximum absolute atomic E-state index is 12.1. The van der Waals surface area contributed by atoms with Crippen LogP contribution in [0.25, 0.3) is 16.8 Å². The van der Waals surface area contributed by atoms with Gasteiger partial charge >= 0.3 is 11.9 Å². The van der Waals surface area contributed by atoms with Gasteiger partial charge in [-0.25, -0.2) is 4.79 Å². The fourth-order valence-corrected chi connectivity index (χ4v) is 3.55. The summed E-state index contributed by atoms with van der Waals surface area (Å²) in [4.78, 5) is 36.0. The molecule has 1 fully saturated rings. The van der Waals surface area contributed by atoms with Crippen molar-refractivity contribution in [3.05, 3.63) is 65.2 Å². The highest BCUT2D eigenvalue weighted by Gasteiger charge is 2.52. The van der Waals surface area contributed by atoms with E-state index >= 15 is 0 Å². The molecule has 2 aromatic carbocycles. The van der Waals surface area contributed by atoms with Gasteiger partial charge in [-0.3, -0.25) is 9.59 Å². The molecule has 0 spiro atoms. The first-order valence-corrected chi connectivity index (χ1v) is 9.81. The van der Waals surface area contributed by atoms with Crippen molar-refractivity contribution in [3.8, 4) is 11.1 Å². The first-order chi connectivity index (χ1) is 14.3. The lowest BCUT2D eigenvalue weighted by Gasteiger charge is -2.14. The van der Waals surface area contributed by atoms with Gasteiger partial charge in [-0.15, -0.1) is 0 Å². The predicted molar refractivity (Wildman–Crippen MR) is 113 cm³/mol. The number of esters is 2. The van der Waals surface area contributed by atoms with E-state index in [1.807, 2.05) is 36.4 Å². The molecular formula is C24H25NO5. The molecular weight excluding hydrogens is 382 g/mol. The number of methoxy groups -OCH3 is 1. The molecule has 0 aromatic heterocycles. The zero-order valence-electron chi connectivity index (χ0n) is 17.4. The summed E-state index contributed by atoms with van der Waals surface area (Å²) in [6.07, 6.45) is 1.61. The summed E-state index contributed by atoms with van der Waals surface area (Å²) >= 11 is 0. The molecule has 0 unspecified atom stereocenters. The Balaban J connectivity index is 1.85. The lowest BCUT2D eigenvalue weighted by Crippen LogP contribution is -2.21. The van der Waals surface area contributed by atoms with Crippen LogP contribution in [0.15, 0.2) is 54.1 Å². The minimum absolute atomic E-state index is 0.0941. The standard InChI is InChI=1S/C24H25NO5/c1-4-30-22(27)20(15(2)26)21(25)18-7-5-16(6-8-18)17-9-11-19(12-10-17)24(13-14-24)23(28)29-3/h5-12H,4,13-14,25H2,1-3H3/b21-20+. The van der Waals surface area contributed by atoms with Crippen molar-refractivity contribution in [1.82, 2.24) is 0 Å². The van der Waals surface area contributed by atoms with Crippen LogP contribution in [0.5, 0.6) is 0 Å². The Labute approximate surface area is 175 Å². The van der Waals surface area contributed by atoms with Gasteiger partial charge in [0.25, 0.3) is 0 Å². The maximum atomic E-state index is 12.1. The molecule has 1 aliphatic carbocycles. The normalized spacial score (nSPS) is 15.0. The maximum Gasteiger partial charge on any atom is 0.343 e. The molecule has 0 amide bonds. The molecule has 3 rings (SSSR count). The first kappa shape index (κ1) is 21.3. The van der Waals surface area contributed by atoms with Crippen LogP contribution in [0.3, 0.4) is 0 Å². The van der Waals surface area contributed by atoms with Crippen LogP contribution in [0.1, 0.15) is 37.8 Å². The number of carbonyl (C=O) groups excluding carboxylic acids is 3. The van der Waals surface area contributed by atoms with Crippen molar-refractivity contribution in [2.24, 2.45) is 5.73 Å². The SMILES string of the molecule is CCOC(=O)/C(C(C)=O)=C(/N)c1ccc(-c2ccc(C3(C(=O)OC)CC3)cc2)cc1. The summed E-state index contributed by atoms with van der Waals surface area (Å²) in [6, 6.07) is 15.1. The Kier molecular flexibility index (Phi) is 6.06. The van der Waals surface area contributed by atoms with Crippen molar-refractivity contribution >= 4 is 23.4 Å². The number of nitrogens with two attached hydrogens (primary N) is 1. The number of carbonyl (C=O) groups is 3. The second-order valence-electron chi connectivity index (χ2n) is 7.29. The number of benzene rings is 2. The average Bonchev–Trinajstić information content (AvgIpc) is 3.55. The molecule has 6 nitrogen and oxygen atoms in total. The zero-order valence-corrected chi connectivity index (χ0v) is 17.4. The smallest absolute Gasteiger partial charge is 0.343 e. The summed E-state index contributed by atoms with van der Waals surface area (Å²) < 4.78 is 9.88. The van der Waals surface area contributed by atoms with Crippen molar-refractivity contribution in [2.75, 3.05) is 13.7 Å².